The number of carbonyl (C=O) groups excluding carboxylic acids is 2. The van der Waals surface area contributed by atoms with Gasteiger partial charge >= 0.3 is 5.97 Å². The Morgan fingerprint density at radius 3 is 2.29 bits per heavy atom. The van der Waals surface area contributed by atoms with Crippen molar-refractivity contribution in [3.05, 3.63) is 83.7 Å². The monoisotopic (exact) mass is 378 g/mol. The molecule has 0 saturated heterocycles. The smallest absolute Gasteiger partial charge is 0.361 e. The largest absolute Gasteiger partial charge is 0.451 e. The Kier molecular flexibility index (Phi) is 6.51. The van der Waals surface area contributed by atoms with Crippen molar-refractivity contribution in [3.63, 3.8) is 0 Å². The molecule has 0 aliphatic rings. The summed E-state index contributed by atoms with van der Waals surface area (Å²) in [7, 11) is 0. The molecule has 3 rings (SSSR count). The number of amides is 1. The highest BCUT2D eigenvalue weighted by Crippen LogP contribution is 2.06. The summed E-state index contributed by atoms with van der Waals surface area (Å²) in [6, 6.07) is 19.4. The van der Waals surface area contributed by atoms with E-state index in [1.165, 1.54) is 6.20 Å². The van der Waals surface area contributed by atoms with Crippen molar-refractivity contribution in [2.75, 3.05) is 13.2 Å². The van der Waals surface area contributed by atoms with E-state index >= 15 is 0 Å². The van der Waals surface area contributed by atoms with E-state index in [9.17, 15) is 9.59 Å². The summed E-state index contributed by atoms with van der Waals surface area (Å²) in [5.41, 5.74) is 2.14. The van der Waals surface area contributed by atoms with E-state index in [0.717, 1.165) is 11.1 Å². The van der Waals surface area contributed by atoms with E-state index in [1.807, 2.05) is 67.6 Å². The first-order valence-corrected chi connectivity index (χ1v) is 9.08. The van der Waals surface area contributed by atoms with Gasteiger partial charge < -0.3 is 9.64 Å². The number of hydrogen-bond donors (Lipinski definition) is 0. The van der Waals surface area contributed by atoms with Crippen LogP contribution in [-0.2, 0) is 22.6 Å². The van der Waals surface area contributed by atoms with Crippen LogP contribution in [0, 0.1) is 0 Å². The highest BCUT2D eigenvalue weighted by atomic mass is 16.5. The maximum absolute atomic E-state index is 12.4. The SMILES string of the molecule is CCN(Cc1ccccc1)C(=O)COC(=O)c1cn(Cc2ccccc2)nn1. The summed E-state index contributed by atoms with van der Waals surface area (Å²) in [6.07, 6.45) is 1.52. The third kappa shape index (κ3) is 5.26. The van der Waals surface area contributed by atoms with Crippen molar-refractivity contribution in [1.29, 1.82) is 0 Å². The first-order valence-electron chi connectivity index (χ1n) is 9.08. The molecule has 7 heteroatoms. The summed E-state index contributed by atoms with van der Waals surface area (Å²) >= 11 is 0. The van der Waals surface area contributed by atoms with Gasteiger partial charge in [0.05, 0.1) is 12.7 Å². The van der Waals surface area contributed by atoms with Crippen LogP contribution in [-0.4, -0.2) is 44.9 Å². The molecule has 28 heavy (non-hydrogen) atoms. The fourth-order valence-electron chi connectivity index (χ4n) is 2.71. The lowest BCUT2D eigenvalue weighted by Crippen LogP contribution is -2.34. The number of benzene rings is 2. The molecule has 0 N–H and O–H groups in total. The average molecular weight is 378 g/mol. The number of likely N-dealkylation sites (N-methyl/N-ethyl adjacent to an activating group) is 1. The first-order chi connectivity index (χ1) is 13.7. The minimum Gasteiger partial charge on any atom is -0.451 e. The summed E-state index contributed by atoms with van der Waals surface area (Å²) in [6.45, 7) is 3.06. The number of aromatic nitrogens is 3. The predicted molar refractivity (Wildman–Crippen MR) is 103 cm³/mol. The van der Waals surface area contributed by atoms with E-state index in [1.54, 1.807) is 9.58 Å². The quantitative estimate of drug-likeness (QED) is 0.563. The van der Waals surface area contributed by atoms with Crippen LogP contribution in [0.5, 0.6) is 0 Å². The molecule has 0 saturated carbocycles. The predicted octanol–water partition coefficient (Wildman–Crippen LogP) is 2.53. The number of hydrogen-bond acceptors (Lipinski definition) is 5. The third-order valence-corrected chi connectivity index (χ3v) is 4.21. The van der Waals surface area contributed by atoms with Crippen LogP contribution in [0.25, 0.3) is 0 Å². The van der Waals surface area contributed by atoms with Gasteiger partial charge in [0.2, 0.25) is 0 Å². The van der Waals surface area contributed by atoms with Gasteiger partial charge in [-0.05, 0) is 18.1 Å². The fraction of sp³-hybridized carbons (Fsp3) is 0.238. The van der Waals surface area contributed by atoms with Crippen LogP contribution < -0.4 is 0 Å². The third-order valence-electron chi connectivity index (χ3n) is 4.21. The molecule has 0 unspecified atom stereocenters. The van der Waals surface area contributed by atoms with E-state index in [4.69, 9.17) is 4.74 Å². The Morgan fingerprint density at radius 1 is 1.00 bits per heavy atom. The maximum Gasteiger partial charge on any atom is 0.361 e. The van der Waals surface area contributed by atoms with Crippen molar-refractivity contribution in [3.8, 4) is 0 Å². The highest BCUT2D eigenvalue weighted by molar-refractivity contribution is 5.89. The van der Waals surface area contributed by atoms with Crippen LogP contribution in [0.4, 0.5) is 0 Å². The van der Waals surface area contributed by atoms with E-state index in [2.05, 4.69) is 10.3 Å². The summed E-state index contributed by atoms with van der Waals surface area (Å²) in [5, 5.41) is 7.77. The van der Waals surface area contributed by atoms with Crippen LogP contribution in [0.1, 0.15) is 28.5 Å². The van der Waals surface area contributed by atoms with Gasteiger partial charge in [0.15, 0.2) is 12.3 Å². The van der Waals surface area contributed by atoms with Gasteiger partial charge in [0.1, 0.15) is 0 Å². The van der Waals surface area contributed by atoms with Gasteiger partial charge in [0, 0.05) is 13.1 Å². The van der Waals surface area contributed by atoms with Crippen LogP contribution in [0.2, 0.25) is 0 Å². The van der Waals surface area contributed by atoms with Gasteiger partial charge in [-0.15, -0.1) is 5.10 Å². The molecule has 0 aliphatic heterocycles. The standard InChI is InChI=1S/C21H22N4O3/c1-2-24(13-17-9-5-3-6-10-17)20(26)16-28-21(27)19-15-25(23-22-19)14-18-11-7-4-8-12-18/h3-12,15H,2,13-14,16H2,1H3. The van der Waals surface area contributed by atoms with Crippen molar-refractivity contribution in [1.82, 2.24) is 19.9 Å². The van der Waals surface area contributed by atoms with E-state index in [-0.39, 0.29) is 18.2 Å². The van der Waals surface area contributed by atoms with Gasteiger partial charge in [-0.1, -0.05) is 65.9 Å². The van der Waals surface area contributed by atoms with E-state index < -0.39 is 5.97 Å². The van der Waals surface area contributed by atoms with Gasteiger partial charge in [-0.3, -0.25) is 4.79 Å². The second kappa shape index (κ2) is 9.45. The maximum atomic E-state index is 12.4. The van der Waals surface area contributed by atoms with Crippen LogP contribution >= 0.6 is 0 Å². The lowest BCUT2D eigenvalue weighted by Gasteiger charge is -2.20. The van der Waals surface area contributed by atoms with Crippen molar-refractivity contribution in [2.24, 2.45) is 0 Å². The van der Waals surface area contributed by atoms with Crippen LogP contribution in [0.3, 0.4) is 0 Å². The number of nitrogens with zero attached hydrogens (tertiary/aromatic N) is 4. The molecular weight excluding hydrogens is 356 g/mol. The zero-order valence-corrected chi connectivity index (χ0v) is 15.7. The molecule has 0 fully saturated rings. The number of ether oxygens (including phenoxy) is 1. The molecule has 0 radical (unpaired) electrons. The lowest BCUT2D eigenvalue weighted by atomic mass is 10.2. The van der Waals surface area contributed by atoms with E-state index in [0.29, 0.717) is 19.6 Å². The molecule has 7 nitrogen and oxygen atoms in total. The molecule has 144 valence electrons. The van der Waals surface area contributed by atoms with Crippen molar-refractivity contribution >= 4 is 11.9 Å². The summed E-state index contributed by atoms with van der Waals surface area (Å²) in [4.78, 5) is 26.2. The summed E-state index contributed by atoms with van der Waals surface area (Å²) in [5.74, 6) is -0.917. The zero-order chi connectivity index (χ0) is 19.8. The molecule has 1 amide bonds. The lowest BCUT2D eigenvalue weighted by molar-refractivity contribution is -0.134. The Balaban J connectivity index is 1.52. The molecule has 0 bridgehead atoms. The highest BCUT2D eigenvalue weighted by Gasteiger charge is 2.18. The number of esters is 1. The summed E-state index contributed by atoms with van der Waals surface area (Å²) < 4.78 is 6.68. The Hall–Kier alpha value is -3.48. The molecular formula is C21H22N4O3. The Morgan fingerprint density at radius 2 is 1.64 bits per heavy atom. The molecule has 3 aromatic rings. The Labute approximate surface area is 163 Å². The topological polar surface area (TPSA) is 77.3 Å². The zero-order valence-electron chi connectivity index (χ0n) is 15.7. The van der Waals surface area contributed by atoms with Gasteiger partial charge in [0.25, 0.3) is 5.91 Å². The second-order valence-electron chi connectivity index (χ2n) is 6.26. The molecule has 2 aromatic carbocycles. The Bertz CT molecular complexity index is 910. The van der Waals surface area contributed by atoms with Crippen molar-refractivity contribution in [2.45, 2.75) is 20.0 Å². The number of carbonyl (C=O) groups is 2. The number of rotatable bonds is 8. The molecule has 0 spiro atoms. The normalized spacial score (nSPS) is 10.5. The van der Waals surface area contributed by atoms with Crippen molar-refractivity contribution < 1.29 is 14.3 Å². The van der Waals surface area contributed by atoms with Gasteiger partial charge in [-0.25, -0.2) is 9.48 Å². The first kappa shape index (κ1) is 19.3. The minimum atomic E-state index is -0.663. The van der Waals surface area contributed by atoms with Crippen LogP contribution in [0.15, 0.2) is 66.9 Å². The average Bonchev–Trinajstić information content (AvgIpc) is 3.20. The molecule has 0 aliphatic carbocycles. The molecule has 1 aromatic heterocycles. The van der Waals surface area contributed by atoms with Gasteiger partial charge in [-0.2, -0.15) is 0 Å². The fourth-order valence-corrected chi connectivity index (χ4v) is 2.71. The molecule has 0 atom stereocenters. The molecule has 1 heterocycles. The minimum absolute atomic E-state index is 0.0786. The second-order valence-corrected chi connectivity index (χ2v) is 6.26.